The summed E-state index contributed by atoms with van der Waals surface area (Å²) in [7, 11) is 0. The largest absolute Gasteiger partial charge is 0.489 e. The molecule has 4 aromatic rings. The molecule has 0 aliphatic carbocycles. The molecule has 36 heavy (non-hydrogen) atoms. The fraction of sp³-hybridized carbons (Fsp3) is 0.207. The van der Waals surface area contributed by atoms with E-state index >= 15 is 0 Å². The predicted octanol–water partition coefficient (Wildman–Crippen LogP) is 6.35. The van der Waals surface area contributed by atoms with Crippen LogP contribution in [0.25, 0.3) is 10.8 Å². The predicted molar refractivity (Wildman–Crippen MR) is 138 cm³/mol. The number of rotatable bonds is 7. The minimum atomic E-state index is -1.62. The minimum absolute atomic E-state index is 0. The van der Waals surface area contributed by atoms with Crippen LogP contribution in [0.4, 0.5) is 8.78 Å². The number of carboxylic acids is 1. The summed E-state index contributed by atoms with van der Waals surface area (Å²) in [6.45, 7) is 1.34. The maximum atomic E-state index is 14.4. The third-order valence-corrected chi connectivity index (χ3v) is 6.59. The molecule has 0 amide bonds. The van der Waals surface area contributed by atoms with E-state index < -0.39 is 23.2 Å². The number of aromatic carboxylic acids is 1. The number of carbonyl (C=O) groups is 1. The number of hydrogen-bond acceptors (Lipinski definition) is 3. The van der Waals surface area contributed by atoms with Gasteiger partial charge in [-0.1, -0.05) is 60.7 Å². The molecule has 1 heterocycles. The van der Waals surface area contributed by atoms with Crippen molar-refractivity contribution in [1.29, 1.82) is 0 Å². The number of para-hydroxylation sites is 1. The van der Waals surface area contributed by atoms with E-state index in [0.29, 0.717) is 24.3 Å². The highest BCUT2D eigenvalue weighted by Crippen LogP contribution is 2.41. The molecule has 0 spiro atoms. The third kappa shape index (κ3) is 5.20. The summed E-state index contributed by atoms with van der Waals surface area (Å²) in [6.07, 6.45) is 1.18. The molecule has 5 rings (SSSR count). The van der Waals surface area contributed by atoms with Crippen molar-refractivity contribution in [1.82, 2.24) is 5.32 Å². The topological polar surface area (TPSA) is 58.6 Å². The molecule has 4 nitrogen and oxygen atoms in total. The van der Waals surface area contributed by atoms with E-state index in [9.17, 15) is 13.6 Å². The van der Waals surface area contributed by atoms with Crippen molar-refractivity contribution in [3.63, 3.8) is 0 Å². The number of benzene rings is 4. The van der Waals surface area contributed by atoms with Crippen LogP contribution in [-0.2, 0) is 6.42 Å². The van der Waals surface area contributed by atoms with Crippen LogP contribution >= 0.6 is 12.4 Å². The van der Waals surface area contributed by atoms with E-state index in [1.165, 1.54) is 16.3 Å². The number of carboxylic acid groups (broad SMARTS) is 1. The Balaban J connectivity index is 0.00000304. The van der Waals surface area contributed by atoms with Crippen molar-refractivity contribution in [2.75, 3.05) is 13.1 Å². The fourth-order valence-electron chi connectivity index (χ4n) is 4.93. The fourth-order valence-corrected chi connectivity index (χ4v) is 4.93. The Bertz CT molecular complexity index is 1370. The monoisotopic (exact) mass is 509 g/mol. The second-order valence-corrected chi connectivity index (χ2v) is 8.82. The zero-order valence-electron chi connectivity index (χ0n) is 19.4. The Labute approximate surface area is 214 Å². The standard InChI is InChI=1S/C29H25F2NO3.ClH/c30-25-14-20(15-26(31)28(25)29(33)34)24-16-21(35-27-11-4-3-10-23(24)27)17-32-13-12-19-8-5-7-18-6-1-2-9-22(18)19;/h1-11,14-15,21,24,32H,12-13,16-17H2,(H,33,34);1H. The molecule has 0 saturated carbocycles. The Morgan fingerprint density at radius 1 is 0.972 bits per heavy atom. The van der Waals surface area contributed by atoms with Crippen LogP contribution < -0.4 is 10.1 Å². The minimum Gasteiger partial charge on any atom is -0.489 e. The zero-order chi connectivity index (χ0) is 24.4. The summed E-state index contributed by atoms with van der Waals surface area (Å²) in [5.74, 6) is -3.39. The molecule has 0 radical (unpaired) electrons. The van der Waals surface area contributed by atoms with Crippen LogP contribution in [0.5, 0.6) is 5.75 Å². The normalized spacial score (nSPS) is 16.6. The van der Waals surface area contributed by atoms with E-state index in [-0.39, 0.29) is 24.4 Å². The Hall–Kier alpha value is -3.48. The quantitative estimate of drug-likeness (QED) is 0.285. The van der Waals surface area contributed by atoms with Crippen molar-refractivity contribution in [2.45, 2.75) is 24.9 Å². The van der Waals surface area contributed by atoms with Crippen LogP contribution in [0.2, 0.25) is 0 Å². The summed E-state index contributed by atoms with van der Waals surface area (Å²) >= 11 is 0. The van der Waals surface area contributed by atoms with Crippen LogP contribution in [0.1, 0.15) is 39.4 Å². The van der Waals surface area contributed by atoms with Crippen molar-refractivity contribution in [2.24, 2.45) is 0 Å². The smallest absolute Gasteiger partial charge is 0.341 e. The van der Waals surface area contributed by atoms with Gasteiger partial charge in [-0.25, -0.2) is 13.6 Å². The molecule has 0 bridgehead atoms. The molecular weight excluding hydrogens is 484 g/mol. The first-order valence-corrected chi connectivity index (χ1v) is 11.7. The van der Waals surface area contributed by atoms with Gasteiger partial charge in [0.1, 0.15) is 29.1 Å². The van der Waals surface area contributed by atoms with Crippen molar-refractivity contribution in [3.8, 4) is 5.75 Å². The number of nitrogens with one attached hydrogen (secondary N) is 1. The van der Waals surface area contributed by atoms with E-state index in [2.05, 4.69) is 35.6 Å². The molecule has 2 N–H and O–H groups in total. The van der Waals surface area contributed by atoms with Crippen molar-refractivity contribution in [3.05, 3.63) is 113 Å². The Morgan fingerprint density at radius 2 is 1.67 bits per heavy atom. The highest BCUT2D eigenvalue weighted by molar-refractivity contribution is 5.88. The molecule has 2 unspecified atom stereocenters. The first kappa shape index (κ1) is 25.6. The van der Waals surface area contributed by atoms with Gasteiger partial charge in [-0.05, 0) is 59.5 Å². The van der Waals surface area contributed by atoms with E-state index in [0.717, 1.165) is 30.7 Å². The van der Waals surface area contributed by atoms with Gasteiger partial charge >= 0.3 is 5.97 Å². The highest BCUT2D eigenvalue weighted by Gasteiger charge is 2.31. The van der Waals surface area contributed by atoms with Gasteiger partial charge in [0.05, 0.1) is 0 Å². The summed E-state index contributed by atoms with van der Waals surface area (Å²) < 4.78 is 35.1. The lowest BCUT2D eigenvalue weighted by Gasteiger charge is -2.33. The second-order valence-electron chi connectivity index (χ2n) is 8.82. The zero-order valence-corrected chi connectivity index (χ0v) is 20.2. The summed E-state index contributed by atoms with van der Waals surface area (Å²) in [5.41, 5.74) is 1.58. The summed E-state index contributed by atoms with van der Waals surface area (Å²) in [4.78, 5) is 11.2. The molecule has 1 aliphatic heterocycles. The van der Waals surface area contributed by atoms with E-state index in [1.807, 2.05) is 36.4 Å². The number of fused-ring (bicyclic) bond motifs is 2. The van der Waals surface area contributed by atoms with Crippen LogP contribution in [0.3, 0.4) is 0 Å². The maximum absolute atomic E-state index is 14.4. The Morgan fingerprint density at radius 3 is 2.44 bits per heavy atom. The summed E-state index contributed by atoms with van der Waals surface area (Å²) in [6, 6.07) is 24.3. The van der Waals surface area contributed by atoms with Gasteiger partial charge in [0.2, 0.25) is 0 Å². The van der Waals surface area contributed by atoms with Gasteiger partial charge in [-0.3, -0.25) is 0 Å². The van der Waals surface area contributed by atoms with E-state index in [1.54, 1.807) is 0 Å². The molecule has 0 fully saturated rings. The summed E-state index contributed by atoms with van der Waals surface area (Å²) in [5, 5.41) is 15.0. The SMILES string of the molecule is Cl.O=C(O)c1c(F)cc(C2CC(CNCCc3cccc4ccccc34)Oc3ccccc32)cc1F. The first-order valence-electron chi connectivity index (χ1n) is 11.7. The lowest BCUT2D eigenvalue weighted by molar-refractivity contribution is 0.0686. The molecule has 1 aliphatic rings. The molecule has 186 valence electrons. The second kappa shape index (κ2) is 11.1. The molecule has 2 atom stereocenters. The Kier molecular flexibility index (Phi) is 7.87. The average molecular weight is 510 g/mol. The van der Waals surface area contributed by atoms with E-state index in [4.69, 9.17) is 9.84 Å². The van der Waals surface area contributed by atoms with Gasteiger partial charge in [0, 0.05) is 18.0 Å². The molecule has 4 aromatic carbocycles. The van der Waals surface area contributed by atoms with Crippen molar-refractivity contribution >= 4 is 29.1 Å². The van der Waals surface area contributed by atoms with Crippen LogP contribution in [0.15, 0.2) is 78.9 Å². The van der Waals surface area contributed by atoms with Gasteiger partial charge in [0.15, 0.2) is 0 Å². The highest BCUT2D eigenvalue weighted by atomic mass is 35.5. The first-order chi connectivity index (χ1) is 17.0. The van der Waals surface area contributed by atoms with Gasteiger partial charge < -0.3 is 15.2 Å². The molecule has 7 heteroatoms. The van der Waals surface area contributed by atoms with Gasteiger partial charge in [-0.2, -0.15) is 0 Å². The van der Waals surface area contributed by atoms with Gasteiger partial charge in [-0.15, -0.1) is 12.4 Å². The number of halogens is 3. The molecular formula is C29H26ClF2NO3. The lowest BCUT2D eigenvalue weighted by atomic mass is 9.83. The molecule has 0 saturated heterocycles. The maximum Gasteiger partial charge on any atom is 0.341 e. The number of ether oxygens (including phenoxy) is 1. The lowest BCUT2D eigenvalue weighted by Crippen LogP contribution is -2.36. The van der Waals surface area contributed by atoms with Gasteiger partial charge in [0.25, 0.3) is 0 Å². The van der Waals surface area contributed by atoms with Crippen LogP contribution in [0, 0.1) is 11.6 Å². The molecule has 0 aromatic heterocycles. The number of hydrogen-bond donors (Lipinski definition) is 2. The van der Waals surface area contributed by atoms with Crippen molar-refractivity contribution < 1.29 is 23.4 Å². The average Bonchev–Trinajstić information content (AvgIpc) is 2.85. The third-order valence-electron chi connectivity index (χ3n) is 6.59. The van der Waals surface area contributed by atoms with Crippen LogP contribution in [-0.4, -0.2) is 30.3 Å².